The molecule has 0 radical (unpaired) electrons. The molecule has 0 saturated carbocycles. The molecule has 0 aromatic heterocycles. The number of nitrogens with zero attached hydrogens (tertiary/aromatic N) is 3. The van der Waals surface area contributed by atoms with Crippen LogP contribution < -0.4 is 15.5 Å². The predicted molar refractivity (Wildman–Crippen MR) is 133 cm³/mol. The lowest BCUT2D eigenvalue weighted by Gasteiger charge is -2.43. The summed E-state index contributed by atoms with van der Waals surface area (Å²) in [5.41, 5.74) is 3.33. The van der Waals surface area contributed by atoms with Gasteiger partial charge in [-0.1, -0.05) is 24.3 Å². The first-order chi connectivity index (χ1) is 16.6. The van der Waals surface area contributed by atoms with Crippen LogP contribution in [-0.2, 0) is 11.2 Å². The van der Waals surface area contributed by atoms with Crippen molar-refractivity contribution in [2.45, 2.75) is 49.6 Å². The van der Waals surface area contributed by atoms with Crippen LogP contribution in [0.4, 0.5) is 5.69 Å². The minimum absolute atomic E-state index is 0.172. The molecule has 2 aromatic rings. The number of hydrogen-bond acceptors (Lipinski definition) is 6. The summed E-state index contributed by atoms with van der Waals surface area (Å²) in [7, 11) is 0. The SMILES string of the molecule is O=C1NCN(c2ccccc2)C12CCN(CCNC1=N[C@@H]3CCc4cc(O)ccc4[C@@H]3C1)CC2. The van der Waals surface area contributed by atoms with Gasteiger partial charge >= 0.3 is 0 Å². The number of fused-ring (bicyclic) bond motifs is 3. The number of carbonyl (C=O) groups is 1. The van der Waals surface area contributed by atoms with Crippen molar-refractivity contribution in [3.8, 4) is 5.75 Å². The Morgan fingerprint density at radius 2 is 1.97 bits per heavy atom. The number of piperidine rings is 1. The fraction of sp³-hybridized carbons (Fsp3) is 0.481. The highest BCUT2D eigenvalue weighted by Crippen LogP contribution is 2.41. The fourth-order valence-electron chi connectivity index (χ4n) is 6.40. The van der Waals surface area contributed by atoms with Gasteiger partial charge < -0.3 is 25.5 Å². The summed E-state index contributed by atoms with van der Waals surface area (Å²) in [6.45, 7) is 4.28. The van der Waals surface area contributed by atoms with Gasteiger partial charge in [0.15, 0.2) is 0 Å². The second kappa shape index (κ2) is 8.62. The Morgan fingerprint density at radius 3 is 2.79 bits per heavy atom. The zero-order chi connectivity index (χ0) is 23.1. The van der Waals surface area contributed by atoms with Gasteiger partial charge in [-0.3, -0.25) is 9.79 Å². The van der Waals surface area contributed by atoms with E-state index in [-0.39, 0.29) is 5.91 Å². The van der Waals surface area contributed by atoms with Crippen LogP contribution in [0.3, 0.4) is 0 Å². The van der Waals surface area contributed by atoms with Crippen LogP contribution in [0.1, 0.15) is 42.7 Å². The van der Waals surface area contributed by atoms with Crippen LogP contribution >= 0.6 is 0 Å². The molecule has 2 aromatic carbocycles. The largest absolute Gasteiger partial charge is 0.508 e. The highest BCUT2D eigenvalue weighted by molar-refractivity contribution is 5.93. The maximum Gasteiger partial charge on any atom is 0.247 e. The first-order valence-corrected chi connectivity index (χ1v) is 12.6. The van der Waals surface area contributed by atoms with Gasteiger partial charge in [0, 0.05) is 44.2 Å². The van der Waals surface area contributed by atoms with Crippen molar-refractivity contribution in [2.75, 3.05) is 37.7 Å². The summed E-state index contributed by atoms with van der Waals surface area (Å²) < 4.78 is 0. The molecule has 1 amide bonds. The lowest BCUT2D eigenvalue weighted by Crippen LogP contribution is -2.57. The minimum atomic E-state index is -0.418. The Bertz CT molecular complexity index is 1090. The molecule has 2 atom stereocenters. The number of likely N-dealkylation sites (tertiary alicyclic amines) is 1. The van der Waals surface area contributed by atoms with Crippen molar-refractivity contribution in [3.63, 3.8) is 0 Å². The number of amides is 1. The fourth-order valence-corrected chi connectivity index (χ4v) is 6.40. The summed E-state index contributed by atoms with van der Waals surface area (Å²) in [5, 5.41) is 16.5. The van der Waals surface area contributed by atoms with E-state index < -0.39 is 5.54 Å². The molecule has 6 rings (SSSR count). The van der Waals surface area contributed by atoms with E-state index in [4.69, 9.17) is 4.99 Å². The Labute approximate surface area is 200 Å². The van der Waals surface area contributed by atoms with Gasteiger partial charge in [-0.25, -0.2) is 0 Å². The average molecular weight is 460 g/mol. The number of amidine groups is 1. The van der Waals surface area contributed by atoms with Crippen LogP contribution in [0.5, 0.6) is 5.75 Å². The molecule has 2 fully saturated rings. The van der Waals surface area contributed by atoms with Gasteiger partial charge in [0.1, 0.15) is 11.3 Å². The third-order valence-corrected chi connectivity index (χ3v) is 8.28. The Hall–Kier alpha value is -3.06. The molecule has 3 aliphatic heterocycles. The highest BCUT2D eigenvalue weighted by Gasteiger charge is 2.50. The van der Waals surface area contributed by atoms with Crippen LogP contribution in [0, 0.1) is 0 Å². The number of hydrogen-bond donors (Lipinski definition) is 3. The second-order valence-electron chi connectivity index (χ2n) is 10.1. The summed E-state index contributed by atoms with van der Waals surface area (Å²) in [6, 6.07) is 16.5. The van der Waals surface area contributed by atoms with Gasteiger partial charge in [-0.15, -0.1) is 0 Å². The van der Waals surface area contributed by atoms with Crippen molar-refractivity contribution in [3.05, 3.63) is 59.7 Å². The number of phenolic OH excluding ortho intramolecular Hbond substituents is 1. The van der Waals surface area contributed by atoms with E-state index in [0.717, 1.165) is 69.8 Å². The number of benzene rings is 2. The standard InChI is InChI=1S/C27H33N5O2/c33-21-7-8-22-19(16-21)6-9-24-23(22)17-25(30-24)28-12-15-31-13-10-27(11-14-31)26(34)29-18-32(27)20-4-2-1-3-5-20/h1-5,7-8,16,23-24,33H,6,9-15,17-18H2,(H,28,30)(H,29,34)/t23-,24+/m0/s1. The number of aromatic hydroxyl groups is 1. The number of nitrogens with one attached hydrogen (secondary N) is 2. The van der Waals surface area contributed by atoms with Crippen molar-refractivity contribution in [1.29, 1.82) is 0 Å². The number of phenols is 1. The van der Waals surface area contributed by atoms with Crippen molar-refractivity contribution >= 4 is 17.4 Å². The highest BCUT2D eigenvalue weighted by atomic mass is 16.3. The molecular formula is C27H33N5O2. The van der Waals surface area contributed by atoms with Gasteiger partial charge in [0.2, 0.25) is 5.91 Å². The van der Waals surface area contributed by atoms with E-state index in [9.17, 15) is 9.90 Å². The van der Waals surface area contributed by atoms with Crippen LogP contribution in [-0.4, -0.2) is 66.2 Å². The third-order valence-electron chi connectivity index (χ3n) is 8.28. The van der Waals surface area contributed by atoms with Crippen LogP contribution in [0.25, 0.3) is 0 Å². The maximum atomic E-state index is 12.8. The maximum absolute atomic E-state index is 12.8. The monoisotopic (exact) mass is 459 g/mol. The molecule has 3 heterocycles. The molecule has 0 bridgehead atoms. The van der Waals surface area contributed by atoms with Crippen LogP contribution in [0.2, 0.25) is 0 Å². The van der Waals surface area contributed by atoms with Crippen LogP contribution in [0.15, 0.2) is 53.5 Å². The van der Waals surface area contributed by atoms with Gasteiger partial charge in [-0.05, 0) is 61.1 Å². The van der Waals surface area contributed by atoms with E-state index in [1.165, 1.54) is 11.1 Å². The number of rotatable bonds is 4. The van der Waals surface area contributed by atoms with Gasteiger partial charge in [-0.2, -0.15) is 0 Å². The summed E-state index contributed by atoms with van der Waals surface area (Å²) in [5.74, 6) is 2.09. The quantitative estimate of drug-likeness (QED) is 0.655. The number of aryl methyl sites for hydroxylation is 1. The van der Waals surface area contributed by atoms with E-state index in [1.54, 1.807) is 6.07 Å². The third kappa shape index (κ3) is 3.72. The zero-order valence-electron chi connectivity index (χ0n) is 19.5. The van der Waals surface area contributed by atoms with Crippen molar-refractivity contribution in [1.82, 2.24) is 15.5 Å². The first-order valence-electron chi connectivity index (χ1n) is 12.6. The molecular weight excluding hydrogens is 426 g/mol. The van der Waals surface area contributed by atoms with E-state index in [2.05, 4.69) is 38.6 Å². The summed E-state index contributed by atoms with van der Waals surface area (Å²) >= 11 is 0. The predicted octanol–water partition coefficient (Wildman–Crippen LogP) is 2.61. The minimum Gasteiger partial charge on any atom is -0.508 e. The zero-order valence-corrected chi connectivity index (χ0v) is 19.5. The molecule has 2 saturated heterocycles. The van der Waals surface area contributed by atoms with E-state index in [1.807, 2.05) is 24.3 Å². The molecule has 178 valence electrons. The molecule has 4 aliphatic rings. The Morgan fingerprint density at radius 1 is 1.15 bits per heavy atom. The van der Waals surface area contributed by atoms with E-state index in [0.29, 0.717) is 24.4 Å². The van der Waals surface area contributed by atoms with Crippen molar-refractivity contribution in [2.24, 2.45) is 4.99 Å². The summed E-state index contributed by atoms with van der Waals surface area (Å²) in [6.07, 6.45) is 4.70. The smallest absolute Gasteiger partial charge is 0.247 e. The van der Waals surface area contributed by atoms with E-state index >= 15 is 0 Å². The number of aliphatic imine (C=N–C) groups is 1. The van der Waals surface area contributed by atoms with Crippen molar-refractivity contribution < 1.29 is 9.90 Å². The molecule has 7 nitrogen and oxygen atoms in total. The Kier molecular flexibility index (Phi) is 5.44. The lowest BCUT2D eigenvalue weighted by atomic mass is 9.79. The molecule has 7 heteroatoms. The lowest BCUT2D eigenvalue weighted by molar-refractivity contribution is -0.125. The topological polar surface area (TPSA) is 80.2 Å². The Balaban J connectivity index is 1.02. The molecule has 1 aliphatic carbocycles. The second-order valence-corrected chi connectivity index (χ2v) is 10.1. The number of carbonyl (C=O) groups excluding carboxylic acids is 1. The normalized spacial score (nSPS) is 25.6. The van der Waals surface area contributed by atoms with Gasteiger partial charge in [0.05, 0.1) is 18.5 Å². The number of anilines is 1. The van der Waals surface area contributed by atoms with Gasteiger partial charge in [0.25, 0.3) is 0 Å². The first kappa shape index (κ1) is 21.5. The summed E-state index contributed by atoms with van der Waals surface area (Å²) in [4.78, 5) is 22.6. The molecule has 3 N–H and O–H groups in total. The molecule has 1 spiro atoms. The molecule has 0 unspecified atom stereocenters. The molecule has 34 heavy (non-hydrogen) atoms. The number of para-hydroxylation sites is 1. The average Bonchev–Trinajstić information content (AvgIpc) is 3.42.